The molecule has 1 unspecified atom stereocenters. The molecule has 1 fully saturated rings. The van der Waals surface area contributed by atoms with Crippen LogP contribution in [0.3, 0.4) is 0 Å². The number of carboxylic acid groups (broad SMARTS) is 1. The minimum absolute atomic E-state index is 0.548. The number of carbonyl (C=O) groups is 1. The Kier molecular flexibility index (Phi) is 5.42. The predicted octanol–water partition coefficient (Wildman–Crippen LogP) is 3.08. The fraction of sp³-hybridized carbons (Fsp3) is 0.438. The molecule has 0 aromatic heterocycles. The zero-order valence-electron chi connectivity index (χ0n) is 12.4. The van der Waals surface area contributed by atoms with E-state index in [0.29, 0.717) is 6.04 Å². The lowest BCUT2D eigenvalue weighted by Crippen LogP contribution is -2.37. The van der Waals surface area contributed by atoms with Crippen molar-refractivity contribution in [1.82, 2.24) is 4.90 Å². The van der Waals surface area contributed by atoms with Crippen molar-refractivity contribution >= 4 is 33.7 Å². The van der Waals surface area contributed by atoms with E-state index in [4.69, 9.17) is 5.11 Å². The molecule has 2 rings (SSSR count). The van der Waals surface area contributed by atoms with E-state index in [0.717, 1.165) is 29.2 Å². The number of hydrogen-bond donors (Lipinski definition) is 1. The minimum atomic E-state index is -0.934. The average molecular weight is 353 g/mol. The molecular formula is C16H21BrN2O2. The van der Waals surface area contributed by atoms with Crippen LogP contribution >= 0.6 is 15.9 Å². The Morgan fingerprint density at radius 1 is 1.52 bits per heavy atom. The summed E-state index contributed by atoms with van der Waals surface area (Å²) in [5, 5.41) is 8.70. The van der Waals surface area contributed by atoms with Gasteiger partial charge in [-0.3, -0.25) is 0 Å². The SMILES string of the molecule is CN(C)CC1CCCN1c1ccc(/C=C/C(=O)O)c(Br)c1. The van der Waals surface area contributed by atoms with Gasteiger partial charge in [-0.1, -0.05) is 22.0 Å². The van der Waals surface area contributed by atoms with E-state index >= 15 is 0 Å². The quantitative estimate of drug-likeness (QED) is 0.827. The van der Waals surface area contributed by atoms with Gasteiger partial charge in [0.25, 0.3) is 0 Å². The van der Waals surface area contributed by atoms with Crippen LogP contribution in [0.5, 0.6) is 0 Å². The number of nitrogens with zero attached hydrogens (tertiary/aromatic N) is 2. The van der Waals surface area contributed by atoms with Gasteiger partial charge >= 0.3 is 5.97 Å². The Hall–Kier alpha value is -1.33. The standard InChI is InChI=1S/C16H21BrN2O2/c1-18(2)11-14-4-3-9-19(14)13-7-5-12(15(17)10-13)6-8-16(20)21/h5-8,10,14H,3-4,9,11H2,1-2H3,(H,20,21)/b8-6+. The summed E-state index contributed by atoms with van der Waals surface area (Å²) >= 11 is 3.53. The van der Waals surface area contributed by atoms with Gasteiger partial charge in [0.1, 0.15) is 0 Å². The number of hydrogen-bond acceptors (Lipinski definition) is 3. The molecule has 5 heteroatoms. The van der Waals surface area contributed by atoms with E-state index in [1.165, 1.54) is 18.5 Å². The van der Waals surface area contributed by atoms with Crippen LogP contribution in [-0.2, 0) is 4.79 Å². The van der Waals surface area contributed by atoms with Crippen molar-refractivity contribution < 1.29 is 9.90 Å². The molecule has 0 amide bonds. The molecule has 21 heavy (non-hydrogen) atoms. The number of benzene rings is 1. The van der Waals surface area contributed by atoms with Crippen molar-refractivity contribution in [2.75, 3.05) is 32.1 Å². The highest BCUT2D eigenvalue weighted by Crippen LogP contribution is 2.30. The van der Waals surface area contributed by atoms with Crippen molar-refractivity contribution in [3.63, 3.8) is 0 Å². The molecule has 1 aliphatic heterocycles. The first-order chi connectivity index (χ1) is 9.97. The molecule has 1 heterocycles. The maximum Gasteiger partial charge on any atom is 0.328 e. The van der Waals surface area contributed by atoms with Crippen LogP contribution in [0.2, 0.25) is 0 Å². The molecule has 1 aromatic rings. The van der Waals surface area contributed by atoms with Gasteiger partial charge in [0.2, 0.25) is 0 Å². The average Bonchev–Trinajstić information content (AvgIpc) is 2.84. The lowest BCUT2D eigenvalue weighted by molar-refractivity contribution is -0.131. The van der Waals surface area contributed by atoms with Crippen molar-refractivity contribution in [1.29, 1.82) is 0 Å². The monoisotopic (exact) mass is 352 g/mol. The summed E-state index contributed by atoms with van der Waals surface area (Å²) in [5.41, 5.74) is 2.07. The van der Waals surface area contributed by atoms with Crippen molar-refractivity contribution in [3.8, 4) is 0 Å². The van der Waals surface area contributed by atoms with Crippen molar-refractivity contribution in [2.45, 2.75) is 18.9 Å². The molecule has 1 saturated heterocycles. The predicted molar refractivity (Wildman–Crippen MR) is 89.7 cm³/mol. The van der Waals surface area contributed by atoms with Crippen LogP contribution < -0.4 is 4.90 Å². The van der Waals surface area contributed by atoms with Crippen LogP contribution in [0.1, 0.15) is 18.4 Å². The second-order valence-electron chi connectivity index (χ2n) is 5.63. The number of rotatable bonds is 5. The van der Waals surface area contributed by atoms with Gasteiger partial charge in [0, 0.05) is 35.4 Å². The lowest BCUT2D eigenvalue weighted by atomic mass is 10.1. The molecule has 0 bridgehead atoms. The first-order valence-electron chi connectivity index (χ1n) is 7.09. The molecule has 1 N–H and O–H groups in total. The summed E-state index contributed by atoms with van der Waals surface area (Å²) in [4.78, 5) is 15.3. The molecule has 1 aliphatic rings. The maximum atomic E-state index is 10.6. The van der Waals surface area contributed by atoms with Gasteiger partial charge in [0.15, 0.2) is 0 Å². The Morgan fingerprint density at radius 2 is 2.29 bits per heavy atom. The van der Waals surface area contributed by atoms with Gasteiger partial charge in [-0.25, -0.2) is 4.79 Å². The molecule has 4 nitrogen and oxygen atoms in total. The van der Waals surface area contributed by atoms with Gasteiger partial charge in [-0.15, -0.1) is 0 Å². The normalized spacial score (nSPS) is 18.9. The summed E-state index contributed by atoms with van der Waals surface area (Å²) in [6, 6.07) is 6.66. The zero-order chi connectivity index (χ0) is 15.4. The number of anilines is 1. The van der Waals surface area contributed by atoms with E-state index in [1.807, 2.05) is 6.07 Å². The van der Waals surface area contributed by atoms with Crippen molar-refractivity contribution in [2.24, 2.45) is 0 Å². The Bertz CT molecular complexity index is 543. The molecule has 0 radical (unpaired) electrons. The Balaban J connectivity index is 2.17. The summed E-state index contributed by atoms with van der Waals surface area (Å²) in [6.07, 6.45) is 5.20. The molecule has 0 saturated carbocycles. The third kappa shape index (κ3) is 4.32. The van der Waals surface area contributed by atoms with Gasteiger partial charge < -0.3 is 14.9 Å². The largest absolute Gasteiger partial charge is 0.478 e. The fourth-order valence-electron chi connectivity index (χ4n) is 2.78. The highest BCUT2D eigenvalue weighted by molar-refractivity contribution is 9.10. The summed E-state index contributed by atoms with van der Waals surface area (Å²) < 4.78 is 0.924. The van der Waals surface area contributed by atoms with Crippen molar-refractivity contribution in [3.05, 3.63) is 34.3 Å². The third-order valence-corrected chi connectivity index (χ3v) is 4.36. The van der Waals surface area contributed by atoms with Gasteiger partial charge in [-0.05, 0) is 50.7 Å². The molecule has 1 atom stereocenters. The van der Waals surface area contributed by atoms with Crippen LogP contribution in [0.4, 0.5) is 5.69 Å². The van der Waals surface area contributed by atoms with E-state index in [-0.39, 0.29) is 0 Å². The fourth-order valence-corrected chi connectivity index (χ4v) is 3.28. The number of halogens is 1. The molecule has 0 aliphatic carbocycles. The van der Waals surface area contributed by atoms with Gasteiger partial charge in [0.05, 0.1) is 0 Å². The van der Waals surface area contributed by atoms with E-state index in [2.05, 4.69) is 52.0 Å². The van der Waals surface area contributed by atoms with Crippen LogP contribution in [0, 0.1) is 0 Å². The van der Waals surface area contributed by atoms with E-state index in [9.17, 15) is 4.79 Å². The van der Waals surface area contributed by atoms with Gasteiger partial charge in [-0.2, -0.15) is 0 Å². The first-order valence-corrected chi connectivity index (χ1v) is 7.88. The number of likely N-dealkylation sites (N-methyl/N-ethyl adjacent to an activating group) is 1. The zero-order valence-corrected chi connectivity index (χ0v) is 14.0. The van der Waals surface area contributed by atoms with E-state index < -0.39 is 5.97 Å². The smallest absolute Gasteiger partial charge is 0.328 e. The Morgan fingerprint density at radius 3 is 2.90 bits per heavy atom. The molecular weight excluding hydrogens is 332 g/mol. The summed E-state index contributed by atoms with van der Waals surface area (Å²) in [7, 11) is 4.21. The van der Waals surface area contributed by atoms with E-state index in [1.54, 1.807) is 6.08 Å². The highest BCUT2D eigenvalue weighted by Gasteiger charge is 2.25. The third-order valence-electron chi connectivity index (χ3n) is 3.67. The highest BCUT2D eigenvalue weighted by atomic mass is 79.9. The number of aliphatic carboxylic acids is 1. The summed E-state index contributed by atoms with van der Waals surface area (Å²) in [6.45, 7) is 2.13. The van der Waals surface area contributed by atoms with Crippen LogP contribution in [0.25, 0.3) is 6.08 Å². The second-order valence-corrected chi connectivity index (χ2v) is 6.48. The van der Waals surface area contributed by atoms with Crippen LogP contribution in [0.15, 0.2) is 28.7 Å². The first kappa shape index (κ1) is 16.0. The molecule has 0 spiro atoms. The Labute approximate surface area is 134 Å². The molecule has 1 aromatic carbocycles. The topological polar surface area (TPSA) is 43.8 Å². The lowest BCUT2D eigenvalue weighted by Gasteiger charge is -2.29. The molecule has 114 valence electrons. The maximum absolute atomic E-state index is 10.6. The summed E-state index contributed by atoms with van der Waals surface area (Å²) in [5.74, 6) is -0.934. The number of carboxylic acids is 1. The minimum Gasteiger partial charge on any atom is -0.478 e. The second kappa shape index (κ2) is 7.09. The van der Waals surface area contributed by atoms with Crippen LogP contribution in [-0.4, -0.2) is 49.2 Å².